The van der Waals surface area contributed by atoms with Gasteiger partial charge < -0.3 is 4.57 Å². The summed E-state index contributed by atoms with van der Waals surface area (Å²) in [5.41, 5.74) is 2.58. The molecular formula is C16H18N2O2. The molecule has 2 rings (SSSR count). The molecule has 0 radical (unpaired) electrons. The molecule has 1 aromatic carbocycles. The van der Waals surface area contributed by atoms with Crippen LogP contribution in [0.3, 0.4) is 0 Å². The Labute approximate surface area is 117 Å². The van der Waals surface area contributed by atoms with Crippen molar-refractivity contribution < 1.29 is 0 Å². The number of hydrogen-bond donors (Lipinski definition) is 0. The minimum Gasteiger partial charge on any atom is -0.305 e. The Morgan fingerprint density at radius 2 is 1.85 bits per heavy atom. The maximum absolute atomic E-state index is 12.2. The molecular weight excluding hydrogens is 252 g/mol. The number of allylic oxidation sites excluding steroid dienone is 1. The van der Waals surface area contributed by atoms with Crippen molar-refractivity contribution in [3.8, 4) is 5.69 Å². The average molecular weight is 270 g/mol. The van der Waals surface area contributed by atoms with Gasteiger partial charge in [-0.15, -0.1) is 0 Å². The van der Waals surface area contributed by atoms with Gasteiger partial charge in [0.1, 0.15) is 0 Å². The van der Waals surface area contributed by atoms with Gasteiger partial charge in [-0.25, -0.2) is 0 Å². The number of nitrogens with zero attached hydrogens (tertiary/aromatic N) is 2. The molecule has 104 valence electrons. The molecule has 0 spiro atoms. The number of aromatic nitrogens is 2. The highest BCUT2D eigenvalue weighted by Crippen LogP contribution is 2.15. The predicted octanol–water partition coefficient (Wildman–Crippen LogP) is 2.19. The lowest BCUT2D eigenvalue weighted by Gasteiger charge is -2.12. The van der Waals surface area contributed by atoms with Crippen molar-refractivity contribution in [2.45, 2.75) is 27.3 Å². The maximum Gasteiger partial charge on any atom is 0.320 e. The lowest BCUT2D eigenvalue weighted by atomic mass is 10.1. The van der Waals surface area contributed by atoms with Crippen LogP contribution in [0.1, 0.15) is 18.1 Å². The summed E-state index contributed by atoms with van der Waals surface area (Å²) in [6.45, 7) is 9.86. The van der Waals surface area contributed by atoms with Crippen LogP contribution in [0.5, 0.6) is 0 Å². The molecule has 0 aliphatic rings. The van der Waals surface area contributed by atoms with Crippen LogP contribution < -0.4 is 11.1 Å². The SMILES string of the molecule is C=C(C)Cn1ccn(-c2cccc(C)c2C)c(=O)c1=O. The number of rotatable bonds is 3. The largest absolute Gasteiger partial charge is 0.320 e. The fourth-order valence-corrected chi connectivity index (χ4v) is 2.11. The van der Waals surface area contributed by atoms with Crippen molar-refractivity contribution in [2.24, 2.45) is 0 Å². The summed E-state index contributed by atoms with van der Waals surface area (Å²) < 4.78 is 2.78. The van der Waals surface area contributed by atoms with E-state index >= 15 is 0 Å². The molecule has 0 bridgehead atoms. The average Bonchev–Trinajstić information content (AvgIpc) is 2.39. The lowest BCUT2D eigenvalue weighted by Crippen LogP contribution is -2.40. The van der Waals surface area contributed by atoms with Crippen LogP contribution in [0.25, 0.3) is 5.69 Å². The molecule has 1 heterocycles. The molecule has 0 saturated carbocycles. The quantitative estimate of drug-likeness (QED) is 0.634. The molecule has 0 unspecified atom stereocenters. The Morgan fingerprint density at radius 1 is 1.15 bits per heavy atom. The van der Waals surface area contributed by atoms with Gasteiger partial charge in [0.25, 0.3) is 0 Å². The van der Waals surface area contributed by atoms with E-state index in [1.165, 1.54) is 9.13 Å². The van der Waals surface area contributed by atoms with E-state index in [4.69, 9.17) is 0 Å². The highest BCUT2D eigenvalue weighted by molar-refractivity contribution is 5.44. The van der Waals surface area contributed by atoms with Crippen molar-refractivity contribution in [2.75, 3.05) is 0 Å². The van der Waals surface area contributed by atoms with Crippen LogP contribution in [0.4, 0.5) is 0 Å². The number of hydrogen-bond acceptors (Lipinski definition) is 2. The lowest BCUT2D eigenvalue weighted by molar-refractivity contribution is 0.709. The first-order valence-corrected chi connectivity index (χ1v) is 6.45. The third-order valence-corrected chi connectivity index (χ3v) is 3.33. The van der Waals surface area contributed by atoms with E-state index in [1.807, 2.05) is 39.0 Å². The topological polar surface area (TPSA) is 44.0 Å². The van der Waals surface area contributed by atoms with Crippen molar-refractivity contribution in [3.63, 3.8) is 0 Å². The van der Waals surface area contributed by atoms with E-state index in [9.17, 15) is 9.59 Å². The molecule has 4 nitrogen and oxygen atoms in total. The number of aryl methyl sites for hydroxylation is 1. The third kappa shape index (κ3) is 2.50. The minimum atomic E-state index is -0.539. The van der Waals surface area contributed by atoms with Crippen LogP contribution in [0.15, 0.2) is 52.3 Å². The zero-order chi connectivity index (χ0) is 14.9. The Morgan fingerprint density at radius 3 is 2.50 bits per heavy atom. The highest BCUT2D eigenvalue weighted by Gasteiger charge is 2.09. The Hall–Kier alpha value is -2.36. The van der Waals surface area contributed by atoms with Gasteiger partial charge in [0.15, 0.2) is 0 Å². The molecule has 0 amide bonds. The predicted molar refractivity (Wildman–Crippen MR) is 80.6 cm³/mol. The molecule has 4 heteroatoms. The van der Waals surface area contributed by atoms with E-state index in [-0.39, 0.29) is 0 Å². The standard InChI is InChI=1S/C16H18N2O2/c1-11(2)10-17-8-9-18(16(20)15(17)19)14-7-5-6-12(3)13(14)4/h5-9H,1,10H2,2-4H3. The van der Waals surface area contributed by atoms with Crippen molar-refractivity contribution in [3.05, 3.63) is 74.6 Å². The Kier molecular flexibility index (Phi) is 3.74. The van der Waals surface area contributed by atoms with Gasteiger partial charge in [0.2, 0.25) is 0 Å². The summed E-state index contributed by atoms with van der Waals surface area (Å²) in [6.07, 6.45) is 3.26. The highest BCUT2D eigenvalue weighted by atomic mass is 16.2. The second kappa shape index (κ2) is 5.33. The summed E-state index contributed by atoms with van der Waals surface area (Å²) in [4.78, 5) is 24.3. The van der Waals surface area contributed by atoms with Crippen LogP contribution in [-0.4, -0.2) is 9.13 Å². The van der Waals surface area contributed by atoms with Gasteiger partial charge >= 0.3 is 11.1 Å². The van der Waals surface area contributed by atoms with Gasteiger partial charge in [-0.2, -0.15) is 0 Å². The minimum absolute atomic E-state index is 0.363. The van der Waals surface area contributed by atoms with Crippen molar-refractivity contribution in [1.82, 2.24) is 9.13 Å². The first-order chi connectivity index (χ1) is 9.41. The Balaban J connectivity index is 2.64. The van der Waals surface area contributed by atoms with Gasteiger partial charge in [-0.05, 0) is 38.0 Å². The molecule has 0 fully saturated rings. The molecule has 0 aliphatic heterocycles. The monoisotopic (exact) mass is 270 g/mol. The zero-order valence-electron chi connectivity index (χ0n) is 12.0. The first kappa shape index (κ1) is 14.1. The van der Waals surface area contributed by atoms with Crippen LogP contribution in [0, 0.1) is 13.8 Å². The van der Waals surface area contributed by atoms with Gasteiger partial charge in [-0.1, -0.05) is 24.3 Å². The van der Waals surface area contributed by atoms with Crippen LogP contribution in [-0.2, 0) is 6.54 Å². The summed E-state index contributed by atoms with van der Waals surface area (Å²) >= 11 is 0. The van der Waals surface area contributed by atoms with Gasteiger partial charge in [0, 0.05) is 18.9 Å². The molecule has 0 saturated heterocycles. The molecule has 0 atom stereocenters. The molecule has 0 aliphatic carbocycles. The van der Waals surface area contributed by atoms with E-state index in [0.29, 0.717) is 6.54 Å². The number of benzene rings is 1. The maximum atomic E-state index is 12.2. The van der Waals surface area contributed by atoms with E-state index in [0.717, 1.165) is 22.4 Å². The fourth-order valence-electron chi connectivity index (χ4n) is 2.11. The summed E-state index contributed by atoms with van der Waals surface area (Å²) in [5, 5.41) is 0. The van der Waals surface area contributed by atoms with Crippen LogP contribution in [0.2, 0.25) is 0 Å². The molecule has 1 aromatic heterocycles. The summed E-state index contributed by atoms with van der Waals surface area (Å²) in [7, 11) is 0. The van der Waals surface area contributed by atoms with Crippen molar-refractivity contribution >= 4 is 0 Å². The zero-order valence-corrected chi connectivity index (χ0v) is 12.0. The van der Waals surface area contributed by atoms with Gasteiger partial charge in [0.05, 0.1) is 5.69 Å². The second-order valence-electron chi connectivity index (χ2n) is 5.08. The van der Waals surface area contributed by atoms with E-state index < -0.39 is 11.1 Å². The third-order valence-electron chi connectivity index (χ3n) is 3.33. The molecule has 0 N–H and O–H groups in total. The molecule has 20 heavy (non-hydrogen) atoms. The molecule has 2 aromatic rings. The van der Waals surface area contributed by atoms with Gasteiger partial charge in [-0.3, -0.25) is 14.2 Å². The van der Waals surface area contributed by atoms with Crippen LogP contribution >= 0.6 is 0 Å². The normalized spacial score (nSPS) is 10.6. The smallest absolute Gasteiger partial charge is 0.305 e. The fraction of sp³-hybridized carbons (Fsp3) is 0.250. The van der Waals surface area contributed by atoms with Crippen molar-refractivity contribution in [1.29, 1.82) is 0 Å². The first-order valence-electron chi connectivity index (χ1n) is 6.45. The van der Waals surface area contributed by atoms with E-state index in [2.05, 4.69) is 6.58 Å². The Bertz CT molecular complexity index is 782. The second-order valence-corrected chi connectivity index (χ2v) is 5.08. The summed E-state index contributed by atoms with van der Waals surface area (Å²) in [5.74, 6) is 0. The van der Waals surface area contributed by atoms with E-state index in [1.54, 1.807) is 12.4 Å². The summed E-state index contributed by atoms with van der Waals surface area (Å²) in [6, 6.07) is 5.70.